The van der Waals surface area contributed by atoms with Crippen LogP contribution in [0.5, 0.6) is 0 Å². The summed E-state index contributed by atoms with van der Waals surface area (Å²) >= 11 is 2.91. The zero-order valence-electron chi connectivity index (χ0n) is 13.5. The molecule has 0 aromatic heterocycles. The first-order valence-corrected chi connectivity index (χ1v) is 12.8. The molecule has 0 N–H and O–H groups in total. The molecule has 0 fully saturated rings. The first-order chi connectivity index (χ1) is 8.15. The summed E-state index contributed by atoms with van der Waals surface area (Å²) in [6.45, 7) is 6.97. The van der Waals surface area contributed by atoms with Gasteiger partial charge in [-0.05, 0) is 0 Å². The topological polar surface area (TPSA) is 9.23 Å². The Morgan fingerprint density at radius 3 is 1.65 bits per heavy atom. The molecule has 1 aliphatic carbocycles. The number of allylic oxidation sites excluding steroid dienone is 4. The number of rotatable bonds is 4. The van der Waals surface area contributed by atoms with Crippen molar-refractivity contribution >= 4 is 83.5 Å². The van der Waals surface area contributed by atoms with Crippen LogP contribution >= 0.6 is 37.2 Å². The average Bonchev–Trinajstić information content (AvgIpc) is 2.84. The Morgan fingerprint density at radius 2 is 1.60 bits per heavy atom. The van der Waals surface area contributed by atoms with Gasteiger partial charge < -0.3 is 2.84 Å². The van der Waals surface area contributed by atoms with Gasteiger partial charge in [-0.3, -0.25) is 0 Å². The van der Waals surface area contributed by atoms with Gasteiger partial charge in [0, 0.05) is 0 Å². The van der Waals surface area contributed by atoms with Gasteiger partial charge in [-0.2, -0.15) is 0 Å². The zero-order valence-corrected chi connectivity index (χ0v) is 22.1. The summed E-state index contributed by atoms with van der Waals surface area (Å²) < 4.78 is 6.29. The Bertz CT molecular complexity index is 209. The Kier molecular flexibility index (Phi) is 50.4. The second-order valence-corrected chi connectivity index (χ2v) is 12.1. The third kappa shape index (κ3) is 28.7. The molecule has 0 atom stereocenters. The molecule has 0 radical (unpaired) electrons. The average molecular weight is 425 g/mol. The van der Waals surface area contributed by atoms with Crippen molar-refractivity contribution in [2.45, 2.75) is 48.8 Å². The van der Waals surface area contributed by atoms with Gasteiger partial charge in [0.25, 0.3) is 14.1 Å². The molecule has 1 rings (SSSR count). The van der Waals surface area contributed by atoms with Gasteiger partial charge in [0.1, 0.15) is 0 Å². The number of halogens is 3. The van der Waals surface area contributed by atoms with Crippen LogP contribution in [0.1, 0.15) is 27.2 Å². The Balaban J connectivity index is -0.0000000539. The maximum absolute atomic E-state index is 4.82. The molecule has 0 aliphatic heterocycles. The van der Waals surface area contributed by atoms with E-state index in [9.17, 15) is 0 Å². The molecule has 1 aliphatic rings. The molecule has 0 bridgehead atoms. The minimum absolute atomic E-state index is 0. The van der Waals surface area contributed by atoms with Gasteiger partial charge in [-0.25, -0.2) is 0 Å². The fourth-order valence-corrected chi connectivity index (χ4v) is 3.38. The molecule has 0 spiro atoms. The Labute approximate surface area is 176 Å². The number of hydrogen-bond donors (Lipinski definition) is 0. The van der Waals surface area contributed by atoms with Crippen LogP contribution in [0.4, 0.5) is 0 Å². The van der Waals surface area contributed by atoms with Crippen LogP contribution in [0, 0.1) is 0 Å². The fourth-order valence-electron chi connectivity index (χ4n) is 1.31. The minimum atomic E-state index is -0.171. The van der Waals surface area contributed by atoms with Gasteiger partial charge in [0.2, 0.25) is 0 Å². The molecule has 0 aromatic carbocycles. The van der Waals surface area contributed by atoms with E-state index >= 15 is 0 Å². The zero-order chi connectivity index (χ0) is 13.5. The molecule has 20 heavy (non-hydrogen) atoms. The van der Waals surface area contributed by atoms with Gasteiger partial charge >= 0.3 is 81.1 Å². The third-order valence-electron chi connectivity index (χ3n) is 2.79. The van der Waals surface area contributed by atoms with Crippen LogP contribution in [0.2, 0.25) is 21.6 Å². The fraction of sp³-hybridized carbons (Fsp3) is 0.667. The van der Waals surface area contributed by atoms with E-state index < -0.39 is 0 Å². The van der Waals surface area contributed by atoms with Crippen LogP contribution < -0.4 is 0 Å². The summed E-state index contributed by atoms with van der Waals surface area (Å²) in [7, 11) is 0. The van der Waals surface area contributed by atoms with E-state index in [2.05, 4.69) is 65.2 Å². The van der Waals surface area contributed by atoms with E-state index in [1.807, 2.05) is 0 Å². The normalized spacial score (nSPS) is 9.85. The molecule has 0 amide bonds. The second-order valence-electron chi connectivity index (χ2n) is 3.99. The van der Waals surface area contributed by atoms with E-state index in [0.29, 0.717) is 0 Å². The van der Waals surface area contributed by atoms with Gasteiger partial charge in [0.05, 0.1) is 0 Å². The first kappa shape index (κ1) is 34.1. The Hall–Kier alpha value is 2.62. The van der Waals surface area contributed by atoms with E-state index in [-0.39, 0.29) is 66.9 Å². The van der Waals surface area contributed by atoms with Crippen LogP contribution in [-0.2, 0) is 23.3 Å². The molecular formula is C12H29Al3Cl3OTi. The summed E-state index contributed by atoms with van der Waals surface area (Å²) in [5.74, 6) is 2.13. The summed E-state index contributed by atoms with van der Waals surface area (Å²) in [5, 5.41) is 4.48. The van der Waals surface area contributed by atoms with Gasteiger partial charge in [-0.1, -0.05) is 42.4 Å². The molecule has 1 nitrogen and oxygen atoms in total. The van der Waals surface area contributed by atoms with Crippen LogP contribution in [0.15, 0.2) is 22.1 Å². The van der Waals surface area contributed by atoms with Crippen molar-refractivity contribution in [3.63, 3.8) is 0 Å². The van der Waals surface area contributed by atoms with Crippen LogP contribution in [0.25, 0.3) is 0 Å². The van der Waals surface area contributed by atoms with Crippen molar-refractivity contribution in [1.82, 2.24) is 0 Å². The first-order valence-electron chi connectivity index (χ1n) is 6.72. The van der Waals surface area contributed by atoms with Crippen molar-refractivity contribution in [2.75, 3.05) is 0 Å². The van der Waals surface area contributed by atoms with E-state index in [0.717, 1.165) is 16.6 Å². The third-order valence-corrected chi connectivity index (χ3v) is 9.14. The van der Waals surface area contributed by atoms with E-state index in [4.69, 9.17) is 2.84 Å². The quantitative estimate of drug-likeness (QED) is 0.617. The second kappa shape index (κ2) is 29.6. The molecule has 0 saturated carbocycles. The van der Waals surface area contributed by atoms with Gasteiger partial charge in [0.15, 0.2) is 0 Å². The standard InChI is InChI=1S/C5H5.3C2H5.CH3.3Al.3ClH.O.Ti.3H/c1-2-4-5-3-1;3*1-2;;;;;;;;;;;;/h1-3H,4H2;3*1H2,2H3;1H3;;;;3*1H;;;;;. The van der Waals surface area contributed by atoms with Crippen molar-refractivity contribution < 1.29 is 23.3 Å². The molecular weight excluding hydrogens is 395 g/mol. The molecule has 8 heteroatoms. The maximum atomic E-state index is 4.82. The summed E-state index contributed by atoms with van der Waals surface area (Å²) in [6.07, 6.45) is 7.56. The Morgan fingerprint density at radius 1 is 1.20 bits per heavy atom. The molecule has 0 heterocycles. The van der Waals surface area contributed by atoms with Crippen LogP contribution in [-0.4, -0.2) is 46.3 Å². The van der Waals surface area contributed by atoms with Crippen molar-refractivity contribution in [1.29, 1.82) is 0 Å². The van der Waals surface area contributed by atoms with E-state index in [1.165, 1.54) is 26.1 Å². The van der Waals surface area contributed by atoms with Crippen molar-refractivity contribution in [3.8, 4) is 0 Å². The van der Waals surface area contributed by atoms with Crippen molar-refractivity contribution in [2.24, 2.45) is 0 Å². The van der Waals surface area contributed by atoms with E-state index in [1.54, 1.807) is 0 Å². The SMILES string of the molecule is C[CH2][Al]([CH2]C)[CH2]C.Cl.Cl.Cl.[CH3][AlH][O][AlH2].[Ti][C]1=CC=CC1. The molecule has 117 valence electrons. The van der Waals surface area contributed by atoms with Gasteiger partial charge in [-0.15, -0.1) is 37.2 Å². The monoisotopic (exact) mass is 423 g/mol. The molecule has 0 aromatic rings. The summed E-state index contributed by atoms with van der Waals surface area (Å²) in [5.41, 5.74) is 0. The predicted molar refractivity (Wildman–Crippen MR) is 103 cm³/mol. The molecule has 0 saturated heterocycles. The molecule has 0 unspecified atom stereocenters. The van der Waals surface area contributed by atoms with Crippen molar-refractivity contribution in [3.05, 3.63) is 22.1 Å². The summed E-state index contributed by atoms with van der Waals surface area (Å²) in [4.78, 5) is 0. The van der Waals surface area contributed by atoms with Crippen LogP contribution in [0.3, 0.4) is 0 Å². The predicted octanol–water partition coefficient (Wildman–Crippen LogP) is 4.13. The number of hydrogen-bond acceptors (Lipinski definition) is 1. The summed E-state index contributed by atoms with van der Waals surface area (Å²) in [6, 6.07) is 0.